The number of rotatable bonds is 10. The second kappa shape index (κ2) is 11.1. The van der Waals surface area contributed by atoms with Gasteiger partial charge in [-0.05, 0) is 54.6 Å². The van der Waals surface area contributed by atoms with E-state index in [9.17, 15) is 14.4 Å². The molecule has 3 aromatic heterocycles. The van der Waals surface area contributed by atoms with E-state index in [1.165, 1.54) is 19.3 Å². The topological polar surface area (TPSA) is 85.4 Å². The molecule has 3 heterocycles. The number of hydrogen-bond donors (Lipinski definition) is 1. The summed E-state index contributed by atoms with van der Waals surface area (Å²) in [6, 6.07) is 9.49. The van der Waals surface area contributed by atoms with Crippen LogP contribution in [0.25, 0.3) is 0 Å². The fourth-order valence-corrected chi connectivity index (χ4v) is 6.14. The maximum atomic E-state index is 13.6. The molecule has 0 atom stereocenters. The highest BCUT2D eigenvalue weighted by Crippen LogP contribution is 2.28. The van der Waals surface area contributed by atoms with Crippen LogP contribution in [0.15, 0.2) is 41.1 Å². The van der Waals surface area contributed by atoms with Gasteiger partial charge in [0, 0.05) is 21.9 Å². The minimum absolute atomic E-state index is 0.0183. The van der Waals surface area contributed by atoms with Crippen LogP contribution in [0.2, 0.25) is 0 Å². The highest BCUT2D eigenvalue weighted by Gasteiger charge is 2.26. The molecule has 1 aliphatic carbocycles. The molecular weight excluding hydrogens is 466 g/mol. The van der Waals surface area contributed by atoms with Crippen LogP contribution in [-0.2, 0) is 17.9 Å². The molecule has 6 nitrogen and oxygen atoms in total. The number of carbonyl (C=O) groups excluding carboxylic acids is 3. The Hall–Kier alpha value is -2.71. The first-order valence-electron chi connectivity index (χ1n) is 11.8. The third-order valence-corrected chi connectivity index (χ3v) is 8.34. The van der Waals surface area contributed by atoms with E-state index in [0.717, 1.165) is 22.6 Å². The van der Waals surface area contributed by atoms with Crippen LogP contribution < -0.4 is 5.73 Å². The monoisotopic (exact) mass is 497 g/mol. The number of nitrogens with two attached hydrogens (primary N) is 1. The molecular formula is C26H31N3O3S2. The molecule has 2 amide bonds. The van der Waals surface area contributed by atoms with E-state index in [2.05, 4.69) is 0 Å². The molecule has 0 aromatic carbocycles. The Morgan fingerprint density at radius 3 is 2.35 bits per heavy atom. The van der Waals surface area contributed by atoms with Gasteiger partial charge >= 0.3 is 0 Å². The number of ketones is 1. The Morgan fingerprint density at radius 1 is 1.06 bits per heavy atom. The quantitative estimate of drug-likeness (QED) is 0.388. The number of primary amides is 1. The van der Waals surface area contributed by atoms with Crippen molar-refractivity contribution in [1.29, 1.82) is 0 Å². The zero-order valence-corrected chi connectivity index (χ0v) is 21.1. The van der Waals surface area contributed by atoms with Gasteiger partial charge in [0.25, 0.3) is 5.91 Å². The zero-order chi connectivity index (χ0) is 24.1. The first-order chi connectivity index (χ1) is 16.4. The average Bonchev–Trinajstić information content (AvgIpc) is 3.57. The number of aromatic nitrogens is 1. The highest BCUT2D eigenvalue weighted by atomic mass is 32.1. The Labute approximate surface area is 208 Å². The maximum Gasteiger partial charge on any atom is 0.250 e. The number of carbonyl (C=O) groups is 3. The van der Waals surface area contributed by atoms with Crippen molar-refractivity contribution in [3.05, 3.63) is 67.8 Å². The molecule has 1 saturated carbocycles. The Bertz CT molecular complexity index is 1130. The van der Waals surface area contributed by atoms with Crippen molar-refractivity contribution in [2.24, 2.45) is 11.7 Å². The molecule has 0 saturated heterocycles. The van der Waals surface area contributed by atoms with Crippen LogP contribution >= 0.6 is 22.7 Å². The van der Waals surface area contributed by atoms with Crippen molar-refractivity contribution in [1.82, 2.24) is 9.47 Å². The first-order valence-corrected chi connectivity index (χ1v) is 13.5. The van der Waals surface area contributed by atoms with E-state index in [0.29, 0.717) is 42.4 Å². The van der Waals surface area contributed by atoms with Gasteiger partial charge in [0.15, 0.2) is 5.78 Å². The van der Waals surface area contributed by atoms with Gasteiger partial charge in [0.1, 0.15) is 0 Å². The lowest BCUT2D eigenvalue weighted by Gasteiger charge is -2.26. The summed E-state index contributed by atoms with van der Waals surface area (Å²) in [5.41, 5.74) is 7.02. The van der Waals surface area contributed by atoms with Crippen LogP contribution in [-0.4, -0.2) is 33.6 Å². The smallest absolute Gasteiger partial charge is 0.250 e. The zero-order valence-electron chi connectivity index (χ0n) is 19.5. The summed E-state index contributed by atoms with van der Waals surface area (Å²) < 4.78 is 1.85. The van der Waals surface area contributed by atoms with E-state index in [1.54, 1.807) is 33.6 Å². The number of Topliss-reactive ketones (excluding diaryl/α,β-unsaturated/α-hetero) is 1. The summed E-state index contributed by atoms with van der Waals surface area (Å²) in [7, 11) is 0. The van der Waals surface area contributed by atoms with E-state index < -0.39 is 5.91 Å². The standard InChI is InChI=1S/C26H31N3O3S2/c1-18-22(26(27)32)14-23(29(18)16-21-10-6-12-34-21)24(30)17-28(15-20-9-5-11-33-20)25(31)13-19-7-3-2-4-8-19/h5-6,9-12,14,19H,2-4,7-8,13,15-17H2,1H3,(H2,27,32). The predicted molar refractivity (Wildman–Crippen MR) is 136 cm³/mol. The van der Waals surface area contributed by atoms with Crippen molar-refractivity contribution >= 4 is 40.3 Å². The molecule has 0 radical (unpaired) electrons. The molecule has 34 heavy (non-hydrogen) atoms. The van der Waals surface area contributed by atoms with Gasteiger partial charge in [-0.3, -0.25) is 14.4 Å². The van der Waals surface area contributed by atoms with Crippen molar-refractivity contribution in [3.63, 3.8) is 0 Å². The largest absolute Gasteiger partial charge is 0.366 e. The second-order valence-electron chi connectivity index (χ2n) is 9.02. The van der Waals surface area contributed by atoms with Gasteiger partial charge in [0.2, 0.25) is 5.91 Å². The van der Waals surface area contributed by atoms with Gasteiger partial charge < -0.3 is 15.2 Å². The number of hydrogen-bond acceptors (Lipinski definition) is 5. The van der Waals surface area contributed by atoms with Gasteiger partial charge in [-0.15, -0.1) is 22.7 Å². The Morgan fingerprint density at radius 2 is 1.74 bits per heavy atom. The minimum atomic E-state index is -0.555. The van der Waals surface area contributed by atoms with Crippen molar-refractivity contribution in [2.45, 2.75) is 58.5 Å². The van der Waals surface area contributed by atoms with Crippen LogP contribution in [0.5, 0.6) is 0 Å². The van der Waals surface area contributed by atoms with Crippen LogP contribution in [0, 0.1) is 12.8 Å². The summed E-state index contributed by atoms with van der Waals surface area (Å²) in [6.07, 6.45) is 6.24. The van der Waals surface area contributed by atoms with Crippen molar-refractivity contribution in [2.75, 3.05) is 6.54 Å². The minimum Gasteiger partial charge on any atom is -0.366 e. The Kier molecular flexibility index (Phi) is 8.00. The number of nitrogens with zero attached hydrogens (tertiary/aromatic N) is 2. The summed E-state index contributed by atoms with van der Waals surface area (Å²) in [6.45, 7) is 2.69. The third-order valence-electron chi connectivity index (χ3n) is 6.61. The predicted octanol–water partition coefficient (Wildman–Crippen LogP) is 5.25. The van der Waals surface area contributed by atoms with Gasteiger partial charge in [0.05, 0.1) is 30.9 Å². The SMILES string of the molecule is Cc1c(C(N)=O)cc(C(=O)CN(Cc2cccs2)C(=O)CC2CCCCC2)n1Cc1cccs1. The summed E-state index contributed by atoms with van der Waals surface area (Å²) >= 11 is 3.18. The summed E-state index contributed by atoms with van der Waals surface area (Å²) in [5, 5.41) is 3.97. The molecule has 180 valence electrons. The second-order valence-corrected chi connectivity index (χ2v) is 11.1. The van der Waals surface area contributed by atoms with E-state index in [-0.39, 0.29) is 18.2 Å². The lowest BCUT2D eigenvalue weighted by atomic mass is 9.86. The molecule has 8 heteroatoms. The van der Waals surface area contributed by atoms with E-state index in [4.69, 9.17) is 5.73 Å². The molecule has 0 spiro atoms. The van der Waals surface area contributed by atoms with E-state index >= 15 is 0 Å². The molecule has 2 N–H and O–H groups in total. The van der Waals surface area contributed by atoms with Crippen molar-refractivity contribution in [3.8, 4) is 0 Å². The van der Waals surface area contributed by atoms with Crippen LogP contribution in [0.4, 0.5) is 0 Å². The van der Waals surface area contributed by atoms with Gasteiger partial charge in [-0.25, -0.2) is 0 Å². The molecule has 0 bridgehead atoms. The number of thiophene rings is 2. The molecule has 1 aliphatic rings. The molecule has 4 rings (SSSR count). The van der Waals surface area contributed by atoms with Gasteiger partial charge in [-0.2, -0.15) is 0 Å². The van der Waals surface area contributed by atoms with Gasteiger partial charge in [-0.1, -0.05) is 31.4 Å². The Balaban J connectivity index is 1.58. The average molecular weight is 498 g/mol. The normalized spacial score (nSPS) is 14.3. The lowest BCUT2D eigenvalue weighted by Crippen LogP contribution is -2.37. The molecule has 3 aromatic rings. The first kappa shape index (κ1) is 24.4. The van der Waals surface area contributed by atoms with Crippen LogP contribution in [0.3, 0.4) is 0 Å². The van der Waals surface area contributed by atoms with E-state index in [1.807, 2.05) is 46.5 Å². The van der Waals surface area contributed by atoms with Crippen LogP contribution in [0.1, 0.15) is 74.8 Å². The van der Waals surface area contributed by atoms with Crippen molar-refractivity contribution < 1.29 is 14.4 Å². The molecule has 1 fully saturated rings. The lowest BCUT2D eigenvalue weighted by molar-refractivity contribution is -0.132. The summed E-state index contributed by atoms with van der Waals surface area (Å²) in [5.74, 6) is -0.313. The molecule has 0 aliphatic heterocycles. The number of amides is 2. The fourth-order valence-electron chi connectivity index (χ4n) is 4.73. The summed E-state index contributed by atoms with van der Waals surface area (Å²) in [4.78, 5) is 42.7. The highest BCUT2D eigenvalue weighted by molar-refractivity contribution is 7.10. The fraction of sp³-hybridized carbons (Fsp3) is 0.423. The maximum absolute atomic E-state index is 13.6. The third kappa shape index (κ3) is 5.85. The molecule has 0 unspecified atom stereocenters.